The van der Waals surface area contributed by atoms with E-state index >= 15 is 0 Å². The monoisotopic (exact) mass is 610 g/mol. The molecular weight excluding hydrogens is 594 g/mol. The van der Waals surface area contributed by atoms with Gasteiger partial charge in [0.25, 0.3) is 0 Å². The molecule has 28 heavy (non-hydrogen) atoms. The highest BCUT2D eigenvalue weighted by Crippen LogP contribution is 2.14. The van der Waals surface area contributed by atoms with Gasteiger partial charge in [0.15, 0.2) is 0 Å². The van der Waals surface area contributed by atoms with Crippen LogP contribution in [0.4, 0.5) is 0 Å². The first-order valence-corrected chi connectivity index (χ1v) is 10.5. The van der Waals surface area contributed by atoms with Crippen LogP contribution in [0.15, 0.2) is 24.8 Å². The summed E-state index contributed by atoms with van der Waals surface area (Å²) in [6.45, 7) is 0.946. The topological polar surface area (TPSA) is 128 Å². The largest absolute Gasteiger partial charge is 0.296 e. The van der Waals surface area contributed by atoms with Gasteiger partial charge in [-0.3, -0.25) is 39.2 Å². The zero-order valence-electron chi connectivity index (χ0n) is 14.5. The van der Waals surface area contributed by atoms with Gasteiger partial charge in [-0.1, -0.05) is 0 Å². The van der Waals surface area contributed by atoms with Crippen LogP contribution in [0, 0.1) is 19.0 Å². The summed E-state index contributed by atoms with van der Waals surface area (Å²) >= 11 is 4.29. The minimum atomic E-state index is -0.266. The Labute approximate surface area is 187 Å². The molecular formula is C16H16I2N6O4. The first-order chi connectivity index (χ1) is 13.3. The Bertz CT molecular complexity index is 850. The van der Waals surface area contributed by atoms with Crippen molar-refractivity contribution in [2.75, 3.05) is 0 Å². The lowest BCUT2D eigenvalue weighted by Crippen LogP contribution is -2.24. The molecule has 0 bridgehead atoms. The van der Waals surface area contributed by atoms with Gasteiger partial charge in [-0.05, 0) is 45.2 Å². The van der Waals surface area contributed by atoms with Gasteiger partial charge in [-0.15, -0.1) is 0 Å². The summed E-state index contributed by atoms with van der Waals surface area (Å²) < 4.78 is 5.41. The summed E-state index contributed by atoms with van der Waals surface area (Å²) in [6, 6.07) is 0. The number of hydrogen-bond donors (Lipinski definition) is 2. The third-order valence-corrected chi connectivity index (χ3v) is 5.26. The molecule has 2 saturated heterocycles. The molecule has 4 heterocycles. The number of carbonyl (C=O) groups is 4. The molecule has 4 rings (SSSR count). The first kappa shape index (κ1) is 20.9. The third-order valence-electron chi connectivity index (χ3n) is 4.15. The Kier molecular flexibility index (Phi) is 6.79. The van der Waals surface area contributed by atoms with Crippen LogP contribution >= 0.6 is 45.2 Å². The van der Waals surface area contributed by atoms with Gasteiger partial charge in [0.1, 0.15) is 0 Å². The second-order valence-electron chi connectivity index (χ2n) is 6.39. The summed E-state index contributed by atoms with van der Waals surface area (Å²) in [5, 5.41) is 12.7. The second-order valence-corrected chi connectivity index (χ2v) is 8.88. The molecule has 0 saturated carbocycles. The van der Waals surface area contributed by atoms with Gasteiger partial charge < -0.3 is 0 Å². The van der Waals surface area contributed by atoms with E-state index in [1.165, 1.54) is 0 Å². The number of imide groups is 2. The summed E-state index contributed by atoms with van der Waals surface area (Å²) in [4.78, 5) is 44.2. The van der Waals surface area contributed by atoms with Gasteiger partial charge in [-0.2, -0.15) is 10.2 Å². The molecule has 2 atom stereocenters. The predicted octanol–water partition coefficient (Wildman–Crippen LogP) is 0.301. The van der Waals surface area contributed by atoms with Gasteiger partial charge in [0.2, 0.25) is 23.6 Å². The quantitative estimate of drug-likeness (QED) is 0.379. The second kappa shape index (κ2) is 9.11. The fourth-order valence-corrected chi connectivity index (χ4v) is 3.73. The molecule has 0 radical (unpaired) electrons. The summed E-state index contributed by atoms with van der Waals surface area (Å²) in [5.41, 5.74) is 0. The Morgan fingerprint density at radius 3 is 1.46 bits per heavy atom. The van der Waals surface area contributed by atoms with Crippen molar-refractivity contribution in [3.8, 4) is 0 Å². The van der Waals surface area contributed by atoms with E-state index in [2.05, 4.69) is 66.0 Å². The van der Waals surface area contributed by atoms with E-state index in [0.29, 0.717) is 13.1 Å². The smallest absolute Gasteiger partial charge is 0.232 e. The number of hydrogen-bond acceptors (Lipinski definition) is 6. The highest BCUT2D eigenvalue weighted by molar-refractivity contribution is 14.1. The average Bonchev–Trinajstić information content (AvgIpc) is 3.35. The van der Waals surface area contributed by atoms with E-state index in [1.54, 1.807) is 21.8 Å². The fourth-order valence-electron chi connectivity index (χ4n) is 2.84. The molecule has 2 unspecified atom stereocenters. The van der Waals surface area contributed by atoms with E-state index in [0.717, 1.165) is 7.14 Å². The van der Waals surface area contributed by atoms with E-state index in [-0.39, 0.29) is 48.3 Å². The molecule has 2 fully saturated rings. The fraction of sp³-hybridized carbons (Fsp3) is 0.375. The summed E-state index contributed by atoms with van der Waals surface area (Å²) in [7, 11) is 0. The van der Waals surface area contributed by atoms with Gasteiger partial charge in [0.05, 0.1) is 44.5 Å². The van der Waals surface area contributed by atoms with Crippen LogP contribution in [-0.4, -0.2) is 43.2 Å². The van der Waals surface area contributed by atoms with Crippen LogP contribution in [0.1, 0.15) is 12.8 Å². The van der Waals surface area contributed by atoms with Crippen LogP contribution in [-0.2, 0) is 32.3 Å². The minimum Gasteiger partial charge on any atom is -0.296 e. The number of nitrogens with zero attached hydrogens (tertiary/aromatic N) is 4. The number of halogens is 2. The lowest BCUT2D eigenvalue weighted by atomic mass is 10.1. The highest BCUT2D eigenvalue weighted by atomic mass is 127. The van der Waals surface area contributed by atoms with Crippen molar-refractivity contribution in [3.63, 3.8) is 0 Å². The van der Waals surface area contributed by atoms with Crippen molar-refractivity contribution < 1.29 is 19.2 Å². The first-order valence-electron chi connectivity index (χ1n) is 8.33. The molecule has 2 aromatic heterocycles. The molecule has 0 aromatic carbocycles. The number of rotatable bonds is 4. The van der Waals surface area contributed by atoms with Crippen LogP contribution in [0.3, 0.4) is 0 Å². The lowest BCUT2D eigenvalue weighted by Gasteiger charge is -2.04. The van der Waals surface area contributed by atoms with Crippen LogP contribution in [0.2, 0.25) is 0 Å². The van der Waals surface area contributed by atoms with Crippen molar-refractivity contribution in [2.24, 2.45) is 11.8 Å². The van der Waals surface area contributed by atoms with Gasteiger partial charge in [-0.25, -0.2) is 0 Å². The molecule has 4 amide bonds. The number of aromatic nitrogens is 4. The normalized spacial score (nSPS) is 21.4. The standard InChI is InChI=1S/2C8H8IN3O2/c2*9-6-2-10-12(4-6)3-5-1-7(13)11-8(5)14/h2*2,4-5H,1,3H2,(H,11,13,14). The Hall–Kier alpha value is -1.84. The van der Waals surface area contributed by atoms with Crippen molar-refractivity contribution in [1.29, 1.82) is 0 Å². The van der Waals surface area contributed by atoms with Crippen molar-refractivity contribution in [1.82, 2.24) is 30.2 Å². The predicted molar refractivity (Wildman–Crippen MR) is 112 cm³/mol. The molecule has 2 aliphatic heterocycles. The highest BCUT2D eigenvalue weighted by Gasteiger charge is 2.31. The minimum absolute atomic E-state index is 0.193. The lowest BCUT2D eigenvalue weighted by molar-refractivity contribution is -0.127. The molecule has 2 N–H and O–H groups in total. The maximum Gasteiger partial charge on any atom is 0.232 e. The molecule has 12 heteroatoms. The number of nitrogens with one attached hydrogen (secondary N) is 2. The molecule has 2 aliphatic rings. The SMILES string of the molecule is O=C1CC(Cn2cc(I)cn2)C(=O)N1.O=C1CC(Cn2cc(I)cn2)C(=O)N1. The van der Waals surface area contributed by atoms with Crippen molar-refractivity contribution in [3.05, 3.63) is 31.9 Å². The molecule has 0 spiro atoms. The van der Waals surface area contributed by atoms with E-state index in [9.17, 15) is 19.2 Å². The van der Waals surface area contributed by atoms with E-state index < -0.39 is 0 Å². The maximum atomic E-state index is 11.2. The van der Waals surface area contributed by atoms with Crippen LogP contribution in [0.25, 0.3) is 0 Å². The number of amides is 4. The Morgan fingerprint density at radius 2 is 1.21 bits per heavy atom. The third kappa shape index (κ3) is 5.59. The molecule has 10 nitrogen and oxygen atoms in total. The molecule has 2 aromatic rings. The molecule has 0 aliphatic carbocycles. The van der Waals surface area contributed by atoms with E-state index in [1.807, 2.05) is 12.4 Å². The maximum absolute atomic E-state index is 11.2. The van der Waals surface area contributed by atoms with Crippen molar-refractivity contribution in [2.45, 2.75) is 25.9 Å². The average molecular weight is 610 g/mol. The number of carbonyl (C=O) groups excluding carboxylic acids is 4. The summed E-state index contributed by atoms with van der Waals surface area (Å²) in [6.07, 6.45) is 7.67. The molecule has 148 valence electrons. The van der Waals surface area contributed by atoms with Crippen molar-refractivity contribution >= 4 is 68.8 Å². The van der Waals surface area contributed by atoms with Crippen LogP contribution < -0.4 is 10.6 Å². The zero-order valence-corrected chi connectivity index (χ0v) is 18.8. The van der Waals surface area contributed by atoms with Gasteiger partial charge in [0, 0.05) is 25.2 Å². The van der Waals surface area contributed by atoms with Gasteiger partial charge >= 0.3 is 0 Å². The Morgan fingerprint density at radius 1 is 0.821 bits per heavy atom. The van der Waals surface area contributed by atoms with E-state index in [4.69, 9.17) is 0 Å². The summed E-state index contributed by atoms with van der Waals surface area (Å²) in [5.74, 6) is -1.30. The Balaban J connectivity index is 0.000000161. The van der Waals surface area contributed by atoms with Crippen LogP contribution in [0.5, 0.6) is 0 Å². The zero-order chi connectivity index (χ0) is 20.3.